The van der Waals surface area contributed by atoms with Gasteiger partial charge >= 0.3 is 0 Å². The van der Waals surface area contributed by atoms with E-state index in [2.05, 4.69) is 36.6 Å². The molecule has 0 spiro atoms. The van der Waals surface area contributed by atoms with Crippen molar-refractivity contribution in [1.82, 2.24) is 0 Å². The van der Waals surface area contributed by atoms with Crippen LogP contribution in [0.2, 0.25) is 5.02 Å². The summed E-state index contributed by atoms with van der Waals surface area (Å²) in [6.07, 6.45) is 0. The van der Waals surface area contributed by atoms with Crippen LogP contribution in [0.15, 0.2) is 44.2 Å². The number of nitrogen functional groups attached to an aromatic ring is 1. The van der Waals surface area contributed by atoms with E-state index in [0.717, 1.165) is 5.56 Å². The highest BCUT2D eigenvalue weighted by molar-refractivity contribution is 9.11. The molecule has 0 saturated heterocycles. The Morgan fingerprint density at radius 2 is 1.76 bits per heavy atom. The minimum Gasteiger partial charge on any atom is -0.398 e. The molecule has 0 atom stereocenters. The summed E-state index contributed by atoms with van der Waals surface area (Å²) in [5.74, 6) is 0. The zero-order valence-corrected chi connectivity index (χ0v) is 15.6. The molecule has 0 radical (unpaired) electrons. The summed E-state index contributed by atoms with van der Waals surface area (Å²) in [5, 5.41) is 0.123. The van der Waals surface area contributed by atoms with Crippen LogP contribution in [-0.2, 0) is 10.0 Å². The Morgan fingerprint density at radius 3 is 2.33 bits per heavy atom. The van der Waals surface area contributed by atoms with E-state index in [0.29, 0.717) is 20.3 Å². The molecule has 0 aliphatic carbocycles. The van der Waals surface area contributed by atoms with Crippen LogP contribution in [0.25, 0.3) is 0 Å². The summed E-state index contributed by atoms with van der Waals surface area (Å²) < 4.78 is 28.7. The Morgan fingerprint density at radius 1 is 1.19 bits per heavy atom. The van der Waals surface area contributed by atoms with Crippen LogP contribution < -0.4 is 10.5 Å². The lowest BCUT2D eigenvalue weighted by molar-refractivity contribution is 0.601. The zero-order valence-electron chi connectivity index (χ0n) is 10.8. The van der Waals surface area contributed by atoms with E-state index >= 15 is 0 Å². The minimum atomic E-state index is -3.85. The maximum absolute atomic E-state index is 12.5. The summed E-state index contributed by atoms with van der Waals surface area (Å²) in [5.41, 5.74) is 7.26. The van der Waals surface area contributed by atoms with Gasteiger partial charge < -0.3 is 5.73 Å². The van der Waals surface area contributed by atoms with E-state index in [1.54, 1.807) is 25.1 Å². The summed E-state index contributed by atoms with van der Waals surface area (Å²) >= 11 is 12.6. The normalized spacial score (nSPS) is 11.4. The van der Waals surface area contributed by atoms with Gasteiger partial charge in [0.25, 0.3) is 10.0 Å². The molecule has 0 unspecified atom stereocenters. The van der Waals surface area contributed by atoms with E-state index < -0.39 is 10.0 Å². The number of nitrogens with one attached hydrogen (secondary N) is 1. The number of aryl methyl sites for hydroxylation is 1. The second kappa shape index (κ2) is 6.16. The van der Waals surface area contributed by atoms with E-state index in [9.17, 15) is 8.42 Å². The second-order valence-electron chi connectivity index (χ2n) is 4.34. The third kappa shape index (κ3) is 3.53. The van der Waals surface area contributed by atoms with Gasteiger partial charge in [0.05, 0.1) is 10.7 Å². The first-order valence-corrected chi connectivity index (χ1v) is 9.19. The van der Waals surface area contributed by atoms with Crippen molar-refractivity contribution in [1.29, 1.82) is 0 Å². The molecule has 2 rings (SSSR count). The number of anilines is 2. The van der Waals surface area contributed by atoms with Crippen molar-refractivity contribution < 1.29 is 8.42 Å². The lowest BCUT2D eigenvalue weighted by Gasteiger charge is -2.13. The van der Waals surface area contributed by atoms with Crippen LogP contribution in [0.4, 0.5) is 11.4 Å². The van der Waals surface area contributed by atoms with Crippen molar-refractivity contribution in [2.45, 2.75) is 11.8 Å². The Hall–Kier alpha value is -0.760. The van der Waals surface area contributed by atoms with E-state index in [-0.39, 0.29) is 9.92 Å². The van der Waals surface area contributed by atoms with Crippen LogP contribution in [0.3, 0.4) is 0 Å². The first-order valence-electron chi connectivity index (χ1n) is 5.75. The summed E-state index contributed by atoms with van der Waals surface area (Å²) in [4.78, 5) is -0.0603. The smallest absolute Gasteiger partial charge is 0.263 e. The van der Waals surface area contributed by atoms with Gasteiger partial charge in [-0.1, -0.05) is 17.7 Å². The topological polar surface area (TPSA) is 72.2 Å². The Labute approximate surface area is 145 Å². The maximum atomic E-state index is 12.5. The molecule has 8 heteroatoms. The first-order chi connectivity index (χ1) is 9.72. The van der Waals surface area contributed by atoms with Crippen LogP contribution in [0.1, 0.15) is 5.56 Å². The number of hydrogen-bond donors (Lipinski definition) is 2. The number of hydrogen-bond acceptors (Lipinski definition) is 3. The summed E-state index contributed by atoms with van der Waals surface area (Å²) in [6, 6.07) is 8.12. The third-order valence-corrected chi connectivity index (χ3v) is 5.95. The monoisotopic (exact) mass is 452 g/mol. The fourth-order valence-corrected chi connectivity index (χ4v) is 4.84. The first kappa shape index (κ1) is 16.6. The highest BCUT2D eigenvalue weighted by Crippen LogP contribution is 2.34. The van der Waals surface area contributed by atoms with Crippen molar-refractivity contribution in [3.63, 3.8) is 0 Å². The summed E-state index contributed by atoms with van der Waals surface area (Å²) in [6.45, 7) is 1.76. The molecule has 0 heterocycles. The van der Waals surface area contributed by atoms with Crippen LogP contribution in [-0.4, -0.2) is 8.42 Å². The van der Waals surface area contributed by atoms with Crippen LogP contribution in [0.5, 0.6) is 0 Å². The molecular formula is C13H11Br2ClN2O2S. The van der Waals surface area contributed by atoms with Crippen LogP contribution in [0, 0.1) is 6.92 Å². The molecule has 0 saturated carbocycles. The lowest BCUT2D eigenvalue weighted by atomic mass is 10.2. The molecule has 0 aliphatic heterocycles. The number of rotatable bonds is 3. The van der Waals surface area contributed by atoms with Gasteiger partial charge in [-0.2, -0.15) is 0 Å². The van der Waals surface area contributed by atoms with Crippen molar-refractivity contribution in [3.8, 4) is 0 Å². The Bertz CT molecular complexity index is 790. The van der Waals surface area contributed by atoms with Gasteiger partial charge in [0.2, 0.25) is 0 Å². The summed E-state index contributed by atoms with van der Waals surface area (Å²) in [7, 11) is -3.85. The molecule has 0 fully saturated rings. The molecule has 0 amide bonds. The van der Waals surface area contributed by atoms with Crippen molar-refractivity contribution in [2.75, 3.05) is 10.5 Å². The van der Waals surface area contributed by atoms with Gasteiger partial charge in [-0.3, -0.25) is 4.72 Å². The fraction of sp³-hybridized carbons (Fsp3) is 0.0769. The number of halogens is 3. The van der Waals surface area contributed by atoms with E-state index in [1.165, 1.54) is 12.1 Å². The average Bonchev–Trinajstić information content (AvgIpc) is 2.38. The highest BCUT2D eigenvalue weighted by Gasteiger charge is 2.21. The molecule has 4 nitrogen and oxygen atoms in total. The van der Waals surface area contributed by atoms with Gasteiger partial charge in [0.1, 0.15) is 4.90 Å². The quantitative estimate of drug-likeness (QED) is 0.668. The third-order valence-electron chi connectivity index (χ3n) is 2.81. The highest BCUT2D eigenvalue weighted by atomic mass is 79.9. The molecule has 0 aromatic heterocycles. The van der Waals surface area contributed by atoms with Crippen molar-refractivity contribution in [3.05, 3.63) is 49.9 Å². The molecule has 112 valence electrons. The van der Waals surface area contributed by atoms with Crippen molar-refractivity contribution >= 4 is 64.9 Å². The number of sulfonamides is 1. The largest absolute Gasteiger partial charge is 0.398 e. The predicted molar refractivity (Wildman–Crippen MR) is 93.3 cm³/mol. The number of nitrogens with two attached hydrogens (primary N) is 1. The van der Waals surface area contributed by atoms with E-state index in [1.807, 2.05) is 0 Å². The van der Waals surface area contributed by atoms with Gasteiger partial charge in [-0.15, -0.1) is 0 Å². The molecule has 2 aromatic rings. The second-order valence-corrected chi connectivity index (χ2v) is 8.11. The molecule has 2 aromatic carbocycles. The van der Waals surface area contributed by atoms with Crippen LogP contribution >= 0.6 is 43.5 Å². The van der Waals surface area contributed by atoms with Gasteiger partial charge in [0.15, 0.2) is 0 Å². The Balaban J connectivity index is 2.51. The standard InChI is InChI=1S/C13H11Br2ClN2O2S/c1-7-5-10(16)12(6-11(7)17)21(19,20)18-13-8(14)3-2-4-9(13)15/h2-6,18H,17H2,1H3. The minimum absolute atomic E-state index is 0.0603. The fourth-order valence-electron chi connectivity index (χ4n) is 1.66. The molecule has 21 heavy (non-hydrogen) atoms. The van der Waals surface area contributed by atoms with Gasteiger partial charge in [0, 0.05) is 14.6 Å². The Kier molecular flexibility index (Phi) is 4.87. The molecule has 0 aliphatic rings. The SMILES string of the molecule is Cc1cc(Cl)c(S(=O)(=O)Nc2c(Br)cccc2Br)cc1N. The van der Waals surface area contributed by atoms with Gasteiger partial charge in [-0.25, -0.2) is 8.42 Å². The van der Waals surface area contributed by atoms with Crippen molar-refractivity contribution in [2.24, 2.45) is 0 Å². The van der Waals surface area contributed by atoms with Gasteiger partial charge in [-0.05, 0) is 68.6 Å². The lowest BCUT2D eigenvalue weighted by Crippen LogP contribution is -2.15. The maximum Gasteiger partial charge on any atom is 0.263 e. The average molecular weight is 455 g/mol. The molecule has 3 N–H and O–H groups in total. The van der Waals surface area contributed by atoms with E-state index in [4.69, 9.17) is 17.3 Å². The molecule has 0 bridgehead atoms. The molecular weight excluding hydrogens is 443 g/mol. The predicted octanol–water partition coefficient (Wildman–Crippen LogP) is 4.56. The number of benzene rings is 2. The zero-order chi connectivity index (χ0) is 15.8. The number of para-hydroxylation sites is 1.